The van der Waals surface area contributed by atoms with Crippen molar-refractivity contribution in [3.05, 3.63) is 78.3 Å². The Morgan fingerprint density at radius 1 is 0.903 bits per heavy atom. The summed E-state index contributed by atoms with van der Waals surface area (Å²) in [6.07, 6.45) is -4.81. The molecule has 31 heavy (non-hydrogen) atoms. The molecule has 0 bridgehead atoms. The molecule has 3 aromatic rings. The van der Waals surface area contributed by atoms with Gasteiger partial charge in [0, 0.05) is 5.69 Å². The second-order valence-electron chi connectivity index (χ2n) is 6.06. The van der Waals surface area contributed by atoms with Crippen LogP contribution in [0.4, 0.5) is 18.9 Å². The number of anilines is 1. The number of hydrogen-bond donors (Lipinski definition) is 1. The van der Waals surface area contributed by atoms with Gasteiger partial charge in [0.05, 0.1) is 0 Å². The number of ether oxygens (including phenoxy) is 3. The van der Waals surface area contributed by atoms with Crippen LogP contribution in [0.3, 0.4) is 0 Å². The summed E-state index contributed by atoms with van der Waals surface area (Å²) in [4.78, 5) is 23.9. The van der Waals surface area contributed by atoms with Crippen molar-refractivity contribution in [2.24, 2.45) is 0 Å². The smallest absolute Gasteiger partial charge is 0.486 e. The van der Waals surface area contributed by atoms with Crippen molar-refractivity contribution < 1.29 is 41.4 Å². The molecule has 0 aliphatic carbocycles. The maximum Gasteiger partial charge on any atom is 0.573 e. The summed E-state index contributed by atoms with van der Waals surface area (Å²) >= 11 is 0. The third-order valence-corrected chi connectivity index (χ3v) is 3.69. The maximum atomic E-state index is 12.1. The first kappa shape index (κ1) is 21.8. The molecule has 1 heterocycles. The molecule has 0 aliphatic heterocycles. The number of furan rings is 1. The van der Waals surface area contributed by atoms with E-state index in [0.29, 0.717) is 11.5 Å². The number of para-hydroxylation sites is 1. The summed E-state index contributed by atoms with van der Waals surface area (Å²) in [7, 11) is 0. The lowest BCUT2D eigenvalue weighted by Gasteiger charge is -2.10. The van der Waals surface area contributed by atoms with Crippen LogP contribution >= 0.6 is 0 Å². The van der Waals surface area contributed by atoms with Crippen molar-refractivity contribution in [3.63, 3.8) is 0 Å². The molecule has 0 aliphatic rings. The molecule has 1 N–H and O–H groups in total. The Kier molecular flexibility index (Phi) is 6.81. The predicted octanol–water partition coefficient (Wildman–Crippen LogP) is 4.55. The van der Waals surface area contributed by atoms with Crippen molar-refractivity contribution in [1.29, 1.82) is 0 Å². The monoisotopic (exact) mass is 435 g/mol. The number of rotatable bonds is 8. The highest BCUT2D eigenvalue weighted by molar-refractivity contribution is 5.94. The third-order valence-electron chi connectivity index (χ3n) is 3.69. The third kappa shape index (κ3) is 7.11. The van der Waals surface area contributed by atoms with E-state index in [1.807, 2.05) is 18.2 Å². The maximum absolute atomic E-state index is 12.1. The topological polar surface area (TPSA) is 87.0 Å². The number of benzene rings is 2. The number of amides is 1. The van der Waals surface area contributed by atoms with Crippen molar-refractivity contribution in [1.82, 2.24) is 0 Å². The fourth-order valence-corrected chi connectivity index (χ4v) is 2.38. The van der Waals surface area contributed by atoms with Crippen LogP contribution in [-0.4, -0.2) is 24.8 Å². The van der Waals surface area contributed by atoms with Gasteiger partial charge in [0.1, 0.15) is 23.9 Å². The minimum absolute atomic E-state index is 0.103. The number of carbonyl (C=O) groups is 2. The molecule has 10 heteroatoms. The zero-order valence-electron chi connectivity index (χ0n) is 15.8. The van der Waals surface area contributed by atoms with E-state index >= 15 is 0 Å². The van der Waals surface area contributed by atoms with Gasteiger partial charge in [0.15, 0.2) is 6.61 Å². The number of halogens is 3. The van der Waals surface area contributed by atoms with E-state index in [1.165, 1.54) is 18.2 Å². The molecule has 162 valence electrons. The summed E-state index contributed by atoms with van der Waals surface area (Å²) in [6.45, 7) is -0.512. The second-order valence-corrected chi connectivity index (χ2v) is 6.06. The van der Waals surface area contributed by atoms with Crippen molar-refractivity contribution in [2.75, 3.05) is 11.9 Å². The van der Waals surface area contributed by atoms with Gasteiger partial charge in [-0.2, -0.15) is 0 Å². The van der Waals surface area contributed by atoms with E-state index in [-0.39, 0.29) is 18.1 Å². The quantitative estimate of drug-likeness (QED) is 0.523. The highest BCUT2D eigenvalue weighted by Gasteiger charge is 2.31. The van der Waals surface area contributed by atoms with Gasteiger partial charge in [-0.3, -0.25) is 4.79 Å². The Bertz CT molecular complexity index is 1020. The van der Waals surface area contributed by atoms with Crippen LogP contribution < -0.4 is 14.8 Å². The highest BCUT2D eigenvalue weighted by Crippen LogP contribution is 2.24. The molecule has 1 aromatic heterocycles. The van der Waals surface area contributed by atoms with Crippen LogP contribution in [0.15, 0.2) is 71.1 Å². The number of alkyl halides is 3. The van der Waals surface area contributed by atoms with Crippen molar-refractivity contribution in [3.8, 4) is 11.5 Å². The predicted molar refractivity (Wildman–Crippen MR) is 102 cm³/mol. The van der Waals surface area contributed by atoms with E-state index in [2.05, 4.69) is 10.1 Å². The van der Waals surface area contributed by atoms with Crippen molar-refractivity contribution >= 4 is 17.6 Å². The second kappa shape index (κ2) is 9.70. The van der Waals surface area contributed by atoms with E-state index in [9.17, 15) is 22.8 Å². The van der Waals surface area contributed by atoms with Crippen LogP contribution in [0, 0.1) is 0 Å². The molecule has 1 amide bonds. The first-order valence-corrected chi connectivity index (χ1v) is 8.88. The van der Waals surface area contributed by atoms with Gasteiger partial charge in [-0.25, -0.2) is 4.79 Å². The summed E-state index contributed by atoms with van der Waals surface area (Å²) in [6, 6.07) is 16.5. The Morgan fingerprint density at radius 2 is 1.61 bits per heavy atom. The molecule has 2 aromatic carbocycles. The Labute approximate surface area is 174 Å². The van der Waals surface area contributed by atoms with Gasteiger partial charge in [0.2, 0.25) is 5.76 Å². The van der Waals surface area contributed by atoms with Gasteiger partial charge >= 0.3 is 12.3 Å². The SMILES string of the molecule is O=C(COC(=O)c1ccc(COc2ccccc2)o1)Nc1ccc(OC(F)(F)F)cc1. The molecular weight excluding hydrogens is 419 g/mol. The lowest BCUT2D eigenvalue weighted by molar-refractivity contribution is -0.274. The van der Waals surface area contributed by atoms with Crippen LogP contribution in [0.1, 0.15) is 16.3 Å². The van der Waals surface area contributed by atoms with Crippen molar-refractivity contribution in [2.45, 2.75) is 13.0 Å². The average molecular weight is 435 g/mol. The van der Waals surface area contributed by atoms with Gasteiger partial charge in [-0.05, 0) is 48.5 Å². The summed E-state index contributed by atoms with van der Waals surface area (Å²) in [5.41, 5.74) is 0.203. The molecule has 0 fully saturated rings. The van der Waals surface area contributed by atoms with Crippen LogP contribution in [-0.2, 0) is 16.1 Å². The Balaban J connectivity index is 1.44. The number of esters is 1. The van der Waals surface area contributed by atoms with Gasteiger partial charge in [-0.15, -0.1) is 13.2 Å². The minimum atomic E-state index is -4.81. The molecule has 3 rings (SSSR count). The molecule has 7 nitrogen and oxygen atoms in total. The van der Waals surface area contributed by atoms with Crippen LogP contribution in [0.2, 0.25) is 0 Å². The van der Waals surface area contributed by atoms with Gasteiger partial charge in [-0.1, -0.05) is 18.2 Å². The molecular formula is C21H16F3NO6. The first-order chi connectivity index (χ1) is 14.8. The number of nitrogens with one attached hydrogen (secondary N) is 1. The molecule has 0 spiro atoms. The summed E-state index contributed by atoms with van der Waals surface area (Å²) in [5.74, 6) is -1.04. The lowest BCUT2D eigenvalue weighted by atomic mass is 10.3. The van der Waals surface area contributed by atoms with Crippen LogP contribution in [0.25, 0.3) is 0 Å². The van der Waals surface area contributed by atoms with E-state index in [4.69, 9.17) is 13.9 Å². The largest absolute Gasteiger partial charge is 0.573 e. The Hall–Kier alpha value is -3.95. The fourth-order valence-electron chi connectivity index (χ4n) is 2.38. The minimum Gasteiger partial charge on any atom is -0.486 e. The number of hydrogen-bond acceptors (Lipinski definition) is 6. The number of carbonyl (C=O) groups excluding carboxylic acids is 2. The normalized spacial score (nSPS) is 10.9. The molecule has 0 unspecified atom stereocenters. The molecule has 0 radical (unpaired) electrons. The lowest BCUT2D eigenvalue weighted by Crippen LogP contribution is -2.21. The molecule has 0 atom stereocenters. The molecule has 0 saturated carbocycles. The van der Waals surface area contributed by atoms with E-state index in [1.54, 1.807) is 18.2 Å². The first-order valence-electron chi connectivity index (χ1n) is 8.88. The zero-order valence-corrected chi connectivity index (χ0v) is 15.8. The average Bonchev–Trinajstić information content (AvgIpc) is 3.21. The van der Waals surface area contributed by atoms with Gasteiger partial charge < -0.3 is 23.9 Å². The fraction of sp³-hybridized carbons (Fsp3) is 0.143. The van der Waals surface area contributed by atoms with E-state index < -0.39 is 30.6 Å². The zero-order chi connectivity index (χ0) is 22.3. The summed E-state index contributed by atoms with van der Waals surface area (Å²) < 4.78 is 55.8. The standard InChI is InChI=1S/C21H16F3NO6/c22-21(23,24)31-16-8-6-14(7-9-16)25-19(26)13-29-20(27)18-11-10-17(30-18)12-28-15-4-2-1-3-5-15/h1-11H,12-13H2,(H,25,26). The molecule has 0 saturated heterocycles. The Morgan fingerprint density at radius 3 is 2.29 bits per heavy atom. The highest BCUT2D eigenvalue weighted by atomic mass is 19.4. The van der Waals surface area contributed by atoms with Crippen LogP contribution in [0.5, 0.6) is 11.5 Å². The van der Waals surface area contributed by atoms with E-state index in [0.717, 1.165) is 12.1 Å². The van der Waals surface area contributed by atoms with Gasteiger partial charge in [0.25, 0.3) is 5.91 Å². The summed E-state index contributed by atoms with van der Waals surface area (Å²) in [5, 5.41) is 2.38.